The highest BCUT2D eigenvalue weighted by atomic mass is 16.5. The van der Waals surface area contributed by atoms with E-state index in [0.717, 1.165) is 11.1 Å². The van der Waals surface area contributed by atoms with E-state index in [0.29, 0.717) is 22.6 Å². The highest BCUT2D eigenvalue weighted by molar-refractivity contribution is 5.90. The highest BCUT2D eigenvalue weighted by Gasteiger charge is 2.10. The fourth-order valence-electron chi connectivity index (χ4n) is 1.92. The molecule has 0 bridgehead atoms. The third-order valence-electron chi connectivity index (χ3n) is 3.31. The average molecular weight is 337 g/mol. The quantitative estimate of drug-likeness (QED) is 0.387. The maximum Gasteiger partial charge on any atom is 0.338 e. The van der Waals surface area contributed by atoms with E-state index in [-0.39, 0.29) is 5.75 Å². The van der Waals surface area contributed by atoms with Gasteiger partial charge in [0.2, 0.25) is 0 Å². The summed E-state index contributed by atoms with van der Waals surface area (Å²) in [5.41, 5.74) is 8.63. The number of hydrogen-bond donors (Lipinski definition) is 1. The molecule has 0 aliphatic carbocycles. The van der Waals surface area contributed by atoms with Crippen LogP contribution in [0.4, 0.5) is 5.69 Å². The summed E-state index contributed by atoms with van der Waals surface area (Å²) in [7, 11) is 0. The zero-order valence-electron chi connectivity index (χ0n) is 14.2. The predicted molar refractivity (Wildman–Crippen MR) is 97.2 cm³/mol. The molecule has 0 spiro atoms. The number of rotatable bonds is 5. The Bertz CT molecular complexity index is 850. The monoisotopic (exact) mass is 337 g/mol. The zero-order valence-corrected chi connectivity index (χ0v) is 14.2. The molecule has 2 aromatic rings. The van der Waals surface area contributed by atoms with Crippen LogP contribution < -0.4 is 15.2 Å². The van der Waals surface area contributed by atoms with Crippen LogP contribution in [0.2, 0.25) is 0 Å². The van der Waals surface area contributed by atoms with Crippen molar-refractivity contribution >= 4 is 17.6 Å². The number of benzene rings is 2. The molecule has 0 unspecified atom stereocenters. The van der Waals surface area contributed by atoms with Crippen LogP contribution in [0.25, 0.3) is 11.1 Å². The number of carbonyl (C=O) groups is 2. The van der Waals surface area contributed by atoms with Crippen molar-refractivity contribution in [1.29, 1.82) is 0 Å². The second-order valence-corrected chi connectivity index (χ2v) is 5.62. The standard InChI is InChI=1S/C20H19NO4/c1-12(2)19(22)24-16-8-5-14(6-9-16)15-7-10-18(17(21)11-15)25-20(23)13(3)4/h5-11H,1,3,21H2,2,4H3. The number of anilines is 1. The number of hydrogen-bond acceptors (Lipinski definition) is 5. The van der Waals surface area contributed by atoms with E-state index in [4.69, 9.17) is 15.2 Å². The Balaban J connectivity index is 2.18. The van der Waals surface area contributed by atoms with Gasteiger partial charge in [-0.2, -0.15) is 0 Å². The van der Waals surface area contributed by atoms with E-state index >= 15 is 0 Å². The van der Waals surface area contributed by atoms with Gasteiger partial charge in [0.1, 0.15) is 5.75 Å². The van der Waals surface area contributed by atoms with Crippen LogP contribution in [0.5, 0.6) is 11.5 Å². The molecule has 0 fully saturated rings. The highest BCUT2D eigenvalue weighted by Crippen LogP contribution is 2.30. The lowest BCUT2D eigenvalue weighted by Gasteiger charge is -2.10. The zero-order chi connectivity index (χ0) is 18.6. The van der Waals surface area contributed by atoms with E-state index in [1.807, 2.05) is 0 Å². The SMILES string of the molecule is C=C(C)C(=O)Oc1ccc(-c2ccc(OC(=O)C(=C)C)c(N)c2)cc1. The molecule has 0 amide bonds. The average Bonchev–Trinajstić information content (AvgIpc) is 2.57. The number of esters is 2. The Morgan fingerprint density at radius 2 is 1.36 bits per heavy atom. The molecule has 0 radical (unpaired) electrons. The van der Waals surface area contributed by atoms with Crippen molar-refractivity contribution in [3.8, 4) is 22.6 Å². The minimum absolute atomic E-state index is 0.281. The van der Waals surface area contributed by atoms with Crippen LogP contribution in [-0.2, 0) is 9.59 Å². The normalized spacial score (nSPS) is 10.0. The lowest BCUT2D eigenvalue weighted by atomic mass is 10.0. The van der Waals surface area contributed by atoms with Crippen LogP contribution in [0.1, 0.15) is 13.8 Å². The first kappa shape index (κ1) is 18.0. The van der Waals surface area contributed by atoms with Gasteiger partial charge in [-0.25, -0.2) is 9.59 Å². The van der Waals surface area contributed by atoms with Gasteiger partial charge in [-0.1, -0.05) is 31.4 Å². The summed E-state index contributed by atoms with van der Waals surface area (Å²) in [6.45, 7) is 10.2. The summed E-state index contributed by atoms with van der Waals surface area (Å²) in [6, 6.07) is 12.1. The Morgan fingerprint density at radius 1 is 0.840 bits per heavy atom. The summed E-state index contributed by atoms with van der Waals surface area (Å²) >= 11 is 0. The van der Waals surface area contributed by atoms with Gasteiger partial charge in [0.05, 0.1) is 5.69 Å². The molecular weight excluding hydrogens is 318 g/mol. The van der Waals surface area contributed by atoms with Crippen molar-refractivity contribution in [3.05, 3.63) is 66.8 Å². The van der Waals surface area contributed by atoms with Gasteiger partial charge in [-0.15, -0.1) is 0 Å². The van der Waals surface area contributed by atoms with Crippen LogP contribution >= 0.6 is 0 Å². The minimum atomic E-state index is -0.525. The molecule has 5 heteroatoms. The first-order chi connectivity index (χ1) is 11.8. The van der Waals surface area contributed by atoms with Crippen molar-refractivity contribution in [2.75, 3.05) is 5.73 Å². The number of nitrogens with two attached hydrogens (primary N) is 1. The fourth-order valence-corrected chi connectivity index (χ4v) is 1.92. The van der Waals surface area contributed by atoms with Crippen molar-refractivity contribution in [2.45, 2.75) is 13.8 Å². The van der Waals surface area contributed by atoms with E-state index in [9.17, 15) is 9.59 Å². The van der Waals surface area contributed by atoms with Gasteiger partial charge < -0.3 is 15.2 Å². The third-order valence-corrected chi connectivity index (χ3v) is 3.31. The molecule has 5 nitrogen and oxygen atoms in total. The molecule has 25 heavy (non-hydrogen) atoms. The molecule has 0 aliphatic rings. The second-order valence-electron chi connectivity index (χ2n) is 5.62. The lowest BCUT2D eigenvalue weighted by molar-refractivity contribution is -0.130. The lowest BCUT2D eigenvalue weighted by Crippen LogP contribution is -2.09. The first-order valence-corrected chi connectivity index (χ1v) is 7.53. The molecule has 128 valence electrons. The molecule has 0 aromatic heterocycles. The van der Waals surface area contributed by atoms with Gasteiger partial charge >= 0.3 is 11.9 Å². The molecule has 2 aromatic carbocycles. The fraction of sp³-hybridized carbons (Fsp3) is 0.100. The van der Waals surface area contributed by atoms with Crippen molar-refractivity contribution in [1.82, 2.24) is 0 Å². The van der Waals surface area contributed by atoms with Gasteiger partial charge in [0.25, 0.3) is 0 Å². The number of nitrogen functional groups attached to an aromatic ring is 1. The third kappa shape index (κ3) is 4.57. The van der Waals surface area contributed by atoms with E-state index < -0.39 is 11.9 Å². The summed E-state index contributed by atoms with van der Waals surface area (Å²) in [5, 5.41) is 0. The molecule has 0 heterocycles. The Hall–Kier alpha value is -3.34. The van der Waals surface area contributed by atoms with Crippen molar-refractivity contribution < 1.29 is 19.1 Å². The number of carbonyl (C=O) groups excluding carboxylic acids is 2. The van der Waals surface area contributed by atoms with Crippen LogP contribution in [0.15, 0.2) is 66.8 Å². The van der Waals surface area contributed by atoms with Gasteiger partial charge in [0, 0.05) is 11.1 Å². The Morgan fingerprint density at radius 3 is 1.88 bits per heavy atom. The number of ether oxygens (including phenoxy) is 2. The molecule has 2 N–H and O–H groups in total. The molecular formula is C20H19NO4. The predicted octanol–water partition coefficient (Wildman–Crippen LogP) is 3.90. The van der Waals surface area contributed by atoms with E-state index in [1.54, 1.807) is 56.3 Å². The molecule has 0 saturated carbocycles. The van der Waals surface area contributed by atoms with E-state index in [1.165, 1.54) is 0 Å². The summed E-state index contributed by atoms with van der Waals surface area (Å²) in [6.07, 6.45) is 0. The van der Waals surface area contributed by atoms with Crippen LogP contribution in [-0.4, -0.2) is 11.9 Å². The summed E-state index contributed by atoms with van der Waals surface area (Å²) in [5.74, 6) is -0.288. The molecule has 0 atom stereocenters. The summed E-state index contributed by atoms with van der Waals surface area (Å²) in [4.78, 5) is 23.1. The molecule has 0 saturated heterocycles. The molecule has 2 rings (SSSR count). The van der Waals surface area contributed by atoms with Crippen molar-refractivity contribution in [3.63, 3.8) is 0 Å². The van der Waals surface area contributed by atoms with Crippen LogP contribution in [0.3, 0.4) is 0 Å². The largest absolute Gasteiger partial charge is 0.423 e. The Kier molecular flexibility index (Phi) is 5.39. The molecule has 0 aliphatic heterocycles. The van der Waals surface area contributed by atoms with Gasteiger partial charge in [-0.3, -0.25) is 0 Å². The van der Waals surface area contributed by atoms with E-state index in [2.05, 4.69) is 13.2 Å². The maximum atomic E-state index is 11.6. The smallest absolute Gasteiger partial charge is 0.338 e. The van der Waals surface area contributed by atoms with Crippen LogP contribution in [0, 0.1) is 0 Å². The van der Waals surface area contributed by atoms with Gasteiger partial charge in [0.15, 0.2) is 5.75 Å². The Labute approximate surface area is 146 Å². The summed E-state index contributed by atoms with van der Waals surface area (Å²) < 4.78 is 10.3. The second kappa shape index (κ2) is 7.49. The first-order valence-electron chi connectivity index (χ1n) is 7.53. The topological polar surface area (TPSA) is 78.6 Å². The van der Waals surface area contributed by atoms with Gasteiger partial charge in [-0.05, 0) is 49.2 Å². The minimum Gasteiger partial charge on any atom is -0.423 e. The van der Waals surface area contributed by atoms with Crippen molar-refractivity contribution in [2.24, 2.45) is 0 Å². The maximum absolute atomic E-state index is 11.6.